The summed E-state index contributed by atoms with van der Waals surface area (Å²) < 4.78 is 5.86. The van der Waals surface area contributed by atoms with Gasteiger partial charge in [-0.3, -0.25) is 14.9 Å². The molecule has 0 aromatic heterocycles. The molecule has 0 saturated heterocycles. The number of nitro benzene ring substituents is 1. The topological polar surface area (TPSA) is 119 Å². The van der Waals surface area contributed by atoms with E-state index in [9.17, 15) is 24.8 Å². The molecule has 0 heterocycles. The molecule has 2 N–H and O–H groups in total. The predicted molar refractivity (Wildman–Crippen MR) is 105 cm³/mol. The van der Waals surface area contributed by atoms with E-state index in [1.807, 2.05) is 0 Å². The maximum Gasteiger partial charge on any atom is 0.342 e. The fourth-order valence-corrected chi connectivity index (χ4v) is 3.40. The number of anilines is 1. The Bertz CT molecular complexity index is 937. The fourth-order valence-electron chi connectivity index (χ4n) is 1.95. The first kappa shape index (κ1) is 21.1. The molecule has 2 aromatic rings. The van der Waals surface area contributed by atoms with E-state index in [-0.39, 0.29) is 32.2 Å². The number of phenols is 1. The lowest BCUT2D eigenvalue weighted by atomic mass is 10.2. The number of rotatable bonds is 5. The molecule has 0 bridgehead atoms. The monoisotopic (exact) mass is 520 g/mol. The third kappa shape index (κ3) is 5.18. The Labute approximate surface area is 174 Å². The van der Waals surface area contributed by atoms with Crippen LogP contribution < -0.4 is 5.32 Å². The van der Waals surface area contributed by atoms with Gasteiger partial charge in [0, 0.05) is 16.6 Å². The minimum Gasteiger partial charge on any atom is -0.506 e. The Morgan fingerprint density at radius 2 is 1.96 bits per heavy atom. The molecule has 142 valence electrons. The number of hydrogen-bond acceptors (Lipinski definition) is 6. The Kier molecular flexibility index (Phi) is 6.79. The van der Waals surface area contributed by atoms with E-state index in [2.05, 4.69) is 37.2 Å². The number of amides is 1. The van der Waals surface area contributed by atoms with Crippen LogP contribution in [0.4, 0.5) is 11.4 Å². The smallest absolute Gasteiger partial charge is 0.342 e. The number of non-ortho nitro benzene ring substituents is 1. The summed E-state index contributed by atoms with van der Waals surface area (Å²) in [6, 6.07) is 6.42. The van der Waals surface area contributed by atoms with Crippen LogP contribution in [-0.4, -0.2) is 28.0 Å². The van der Waals surface area contributed by atoms with Gasteiger partial charge in [0.05, 0.1) is 20.1 Å². The number of hydrogen-bond donors (Lipinski definition) is 2. The van der Waals surface area contributed by atoms with Gasteiger partial charge in [0.1, 0.15) is 11.3 Å². The molecule has 0 saturated carbocycles. The molecule has 0 aliphatic heterocycles. The summed E-state index contributed by atoms with van der Waals surface area (Å²) in [6.07, 6.45) is -1.22. The third-order valence-electron chi connectivity index (χ3n) is 3.32. The largest absolute Gasteiger partial charge is 0.506 e. The molecule has 0 radical (unpaired) electrons. The molecular weight excluding hydrogens is 511 g/mol. The molecular formula is C16H11Br2ClN2O6. The van der Waals surface area contributed by atoms with Crippen LogP contribution in [-0.2, 0) is 9.53 Å². The van der Waals surface area contributed by atoms with E-state index in [1.165, 1.54) is 25.1 Å². The minimum atomic E-state index is -1.22. The zero-order chi connectivity index (χ0) is 20.3. The summed E-state index contributed by atoms with van der Waals surface area (Å²) in [5.41, 5.74) is -0.235. The Morgan fingerprint density at radius 3 is 2.56 bits per heavy atom. The van der Waals surface area contributed by atoms with Crippen LogP contribution in [0, 0.1) is 10.1 Å². The van der Waals surface area contributed by atoms with Gasteiger partial charge in [0.25, 0.3) is 11.6 Å². The van der Waals surface area contributed by atoms with Gasteiger partial charge < -0.3 is 15.2 Å². The first-order valence-corrected chi connectivity index (χ1v) is 9.20. The standard InChI is InChI=1S/C16H11Br2ClN2O6/c1-7(27-16(24)10-4-8(17)5-11(18)14(10)22)15(23)20-13-3-2-9(21(25)26)6-12(13)19/h2-7,22H,1H3,(H,20,23). The van der Waals surface area contributed by atoms with Crippen molar-refractivity contribution in [2.24, 2.45) is 0 Å². The molecule has 2 aromatic carbocycles. The number of ether oxygens (including phenoxy) is 1. The van der Waals surface area contributed by atoms with Gasteiger partial charge >= 0.3 is 5.97 Å². The van der Waals surface area contributed by atoms with Crippen molar-refractivity contribution in [2.75, 3.05) is 5.32 Å². The molecule has 2 rings (SSSR count). The van der Waals surface area contributed by atoms with E-state index >= 15 is 0 Å². The van der Waals surface area contributed by atoms with E-state index in [1.54, 1.807) is 6.07 Å². The van der Waals surface area contributed by atoms with Crippen molar-refractivity contribution in [3.8, 4) is 5.75 Å². The Balaban J connectivity index is 2.10. The number of carbonyl (C=O) groups excluding carboxylic acids is 2. The van der Waals surface area contributed by atoms with Gasteiger partial charge in [0.2, 0.25) is 0 Å². The lowest BCUT2D eigenvalue weighted by molar-refractivity contribution is -0.384. The van der Waals surface area contributed by atoms with Crippen molar-refractivity contribution in [2.45, 2.75) is 13.0 Å². The number of benzene rings is 2. The average molecular weight is 523 g/mol. The van der Waals surface area contributed by atoms with Crippen molar-refractivity contribution in [1.29, 1.82) is 0 Å². The Morgan fingerprint density at radius 1 is 1.30 bits per heavy atom. The molecule has 0 spiro atoms. The van der Waals surface area contributed by atoms with Crippen LogP contribution in [0.15, 0.2) is 39.3 Å². The highest BCUT2D eigenvalue weighted by atomic mass is 79.9. The molecule has 1 amide bonds. The number of esters is 1. The fraction of sp³-hybridized carbons (Fsp3) is 0.125. The third-order valence-corrected chi connectivity index (χ3v) is 4.70. The maximum atomic E-state index is 12.2. The van der Waals surface area contributed by atoms with E-state index in [0.717, 1.165) is 6.07 Å². The molecule has 0 fully saturated rings. The van der Waals surface area contributed by atoms with Gasteiger partial charge in [-0.05, 0) is 41.1 Å². The summed E-state index contributed by atoms with van der Waals surface area (Å²) in [7, 11) is 0. The van der Waals surface area contributed by atoms with Gasteiger partial charge in [-0.15, -0.1) is 0 Å². The van der Waals surface area contributed by atoms with Crippen LogP contribution in [0.2, 0.25) is 5.02 Å². The highest BCUT2D eigenvalue weighted by Gasteiger charge is 2.23. The van der Waals surface area contributed by atoms with Crippen LogP contribution in [0.3, 0.4) is 0 Å². The predicted octanol–water partition coefficient (Wildman–Crippen LogP) is 4.66. The maximum absolute atomic E-state index is 12.2. The lowest BCUT2D eigenvalue weighted by Gasteiger charge is -2.15. The van der Waals surface area contributed by atoms with Crippen LogP contribution >= 0.6 is 43.5 Å². The normalized spacial score (nSPS) is 11.6. The quantitative estimate of drug-likeness (QED) is 0.335. The molecule has 11 heteroatoms. The number of carbonyl (C=O) groups is 2. The van der Waals surface area contributed by atoms with Crippen LogP contribution in [0.25, 0.3) is 0 Å². The summed E-state index contributed by atoms with van der Waals surface area (Å²) in [5.74, 6) is -1.94. The number of nitrogens with zero attached hydrogens (tertiary/aromatic N) is 1. The van der Waals surface area contributed by atoms with Gasteiger partial charge in [-0.25, -0.2) is 4.79 Å². The number of nitro groups is 1. The highest BCUT2D eigenvalue weighted by molar-refractivity contribution is 9.11. The zero-order valence-electron chi connectivity index (χ0n) is 13.5. The molecule has 0 aliphatic carbocycles. The van der Waals surface area contributed by atoms with Crippen LogP contribution in [0.1, 0.15) is 17.3 Å². The second-order valence-corrected chi connectivity index (χ2v) is 7.42. The SMILES string of the molecule is CC(OC(=O)c1cc(Br)cc(Br)c1O)C(=O)Nc1ccc([N+](=O)[O-])cc1Cl. The van der Waals surface area contributed by atoms with Crippen molar-refractivity contribution >= 4 is 66.7 Å². The summed E-state index contributed by atoms with van der Waals surface area (Å²) in [6.45, 7) is 1.33. The molecule has 1 unspecified atom stereocenters. The first-order chi connectivity index (χ1) is 12.6. The van der Waals surface area contributed by atoms with Crippen molar-refractivity contribution in [3.05, 3.63) is 60.0 Å². The van der Waals surface area contributed by atoms with Crippen molar-refractivity contribution in [1.82, 2.24) is 0 Å². The number of nitrogens with one attached hydrogen (secondary N) is 1. The van der Waals surface area contributed by atoms with Crippen molar-refractivity contribution in [3.63, 3.8) is 0 Å². The van der Waals surface area contributed by atoms with E-state index in [0.29, 0.717) is 4.47 Å². The first-order valence-electron chi connectivity index (χ1n) is 7.24. The van der Waals surface area contributed by atoms with E-state index < -0.39 is 22.9 Å². The summed E-state index contributed by atoms with van der Waals surface area (Å²) in [4.78, 5) is 34.5. The summed E-state index contributed by atoms with van der Waals surface area (Å²) in [5, 5.41) is 23.0. The van der Waals surface area contributed by atoms with Gasteiger partial charge in [-0.1, -0.05) is 27.5 Å². The molecule has 27 heavy (non-hydrogen) atoms. The number of phenolic OH excluding ortho intramolecular Hbond substituents is 1. The average Bonchev–Trinajstić information content (AvgIpc) is 2.59. The van der Waals surface area contributed by atoms with Crippen molar-refractivity contribution < 1.29 is 24.4 Å². The molecule has 8 nitrogen and oxygen atoms in total. The summed E-state index contributed by atoms with van der Waals surface area (Å²) >= 11 is 12.2. The Hall–Kier alpha value is -2.17. The second-order valence-electron chi connectivity index (χ2n) is 5.24. The number of aromatic hydroxyl groups is 1. The second kappa shape index (κ2) is 8.68. The lowest BCUT2D eigenvalue weighted by Crippen LogP contribution is -2.30. The van der Waals surface area contributed by atoms with Crippen LogP contribution in [0.5, 0.6) is 5.75 Å². The minimum absolute atomic E-state index is 0.0374. The molecule has 0 aliphatic rings. The van der Waals surface area contributed by atoms with Gasteiger partial charge in [0.15, 0.2) is 6.10 Å². The van der Waals surface area contributed by atoms with Gasteiger partial charge in [-0.2, -0.15) is 0 Å². The zero-order valence-corrected chi connectivity index (χ0v) is 17.5. The number of halogens is 3. The van der Waals surface area contributed by atoms with E-state index in [4.69, 9.17) is 16.3 Å². The highest BCUT2D eigenvalue weighted by Crippen LogP contribution is 2.32. The molecule has 1 atom stereocenters.